The van der Waals surface area contributed by atoms with Crippen LogP contribution in [0.2, 0.25) is 0 Å². The third-order valence-electron chi connectivity index (χ3n) is 1.81. The van der Waals surface area contributed by atoms with Gasteiger partial charge in [-0.3, -0.25) is 0 Å². The van der Waals surface area contributed by atoms with Crippen LogP contribution in [0.3, 0.4) is 0 Å². The quantitative estimate of drug-likeness (QED) is 0.575. The van der Waals surface area contributed by atoms with Crippen LogP contribution in [0.5, 0.6) is 0 Å². The molecule has 1 aromatic rings. The van der Waals surface area contributed by atoms with Gasteiger partial charge in [0.15, 0.2) is 4.77 Å². The lowest BCUT2D eigenvalue weighted by Crippen LogP contribution is -2.02. The molecule has 1 aromatic heterocycles. The van der Waals surface area contributed by atoms with Gasteiger partial charge in [-0.1, -0.05) is 0 Å². The molecule has 12 heavy (non-hydrogen) atoms. The Bertz CT molecular complexity index is 289. The molecule has 0 spiro atoms. The normalized spacial score (nSPS) is 10.5. The number of rotatable bonds is 4. The maximum Gasteiger partial charge on any atom is 0.177 e. The highest BCUT2D eigenvalue weighted by Gasteiger charge is 1.97. The van der Waals surface area contributed by atoms with Crippen LogP contribution in [0.15, 0.2) is 6.20 Å². The van der Waals surface area contributed by atoms with Crippen LogP contribution in [0, 0.1) is 11.7 Å². The van der Waals surface area contributed by atoms with Gasteiger partial charge in [0.05, 0.1) is 0 Å². The van der Waals surface area contributed by atoms with Crippen LogP contribution in [0.1, 0.15) is 12.1 Å². The lowest BCUT2D eigenvalue weighted by atomic mass is 10.4. The Morgan fingerprint density at radius 3 is 2.92 bits per heavy atom. The monoisotopic (exact) mass is 186 g/mol. The van der Waals surface area contributed by atoms with E-state index in [0.717, 1.165) is 24.3 Å². The fourth-order valence-corrected chi connectivity index (χ4v) is 1.42. The zero-order chi connectivity index (χ0) is 8.97. The van der Waals surface area contributed by atoms with Crippen molar-refractivity contribution >= 4 is 12.2 Å². The van der Waals surface area contributed by atoms with E-state index in [9.17, 15) is 0 Å². The molecule has 0 unspecified atom stereocenters. The molecule has 0 bridgehead atoms. The standard InChI is InChI=1S/C8H14N2OS/c1-7-6-9-8(12)10(7)4-3-5-11-2/h6H,3-5H2,1-2H3,(H,9,12). The topological polar surface area (TPSA) is 29.9 Å². The van der Waals surface area contributed by atoms with Crippen molar-refractivity contribution in [2.45, 2.75) is 19.9 Å². The lowest BCUT2D eigenvalue weighted by molar-refractivity contribution is 0.190. The molecule has 0 saturated heterocycles. The first-order valence-corrected chi connectivity index (χ1v) is 4.40. The molecule has 1 N–H and O–H groups in total. The molecule has 0 fully saturated rings. The Balaban J connectivity index is 2.56. The number of aromatic nitrogens is 2. The number of nitrogens with one attached hydrogen (secondary N) is 1. The van der Waals surface area contributed by atoms with E-state index in [1.165, 1.54) is 5.69 Å². The van der Waals surface area contributed by atoms with Crippen LogP contribution in [0.25, 0.3) is 0 Å². The Hall–Kier alpha value is -0.610. The number of H-pyrrole nitrogens is 1. The molecule has 0 aliphatic carbocycles. The highest BCUT2D eigenvalue weighted by molar-refractivity contribution is 7.71. The van der Waals surface area contributed by atoms with Gasteiger partial charge in [-0.15, -0.1) is 0 Å². The van der Waals surface area contributed by atoms with Crippen LogP contribution >= 0.6 is 12.2 Å². The number of nitrogens with zero attached hydrogens (tertiary/aromatic N) is 1. The number of imidazole rings is 1. The minimum Gasteiger partial charge on any atom is -0.385 e. The molecule has 68 valence electrons. The number of hydrogen-bond acceptors (Lipinski definition) is 2. The first-order chi connectivity index (χ1) is 5.75. The number of hydrogen-bond donors (Lipinski definition) is 1. The molecule has 0 aromatic carbocycles. The summed E-state index contributed by atoms with van der Waals surface area (Å²) in [7, 11) is 1.71. The van der Waals surface area contributed by atoms with Gasteiger partial charge in [0, 0.05) is 32.2 Å². The van der Waals surface area contributed by atoms with Gasteiger partial charge < -0.3 is 14.3 Å². The average Bonchev–Trinajstić information content (AvgIpc) is 2.35. The summed E-state index contributed by atoms with van der Waals surface area (Å²) in [6.07, 6.45) is 2.93. The van der Waals surface area contributed by atoms with Crippen molar-refractivity contribution in [3.63, 3.8) is 0 Å². The predicted molar refractivity (Wildman–Crippen MR) is 50.8 cm³/mol. The lowest BCUT2D eigenvalue weighted by Gasteiger charge is -2.03. The van der Waals surface area contributed by atoms with Gasteiger partial charge in [-0.25, -0.2) is 0 Å². The number of ether oxygens (including phenoxy) is 1. The van der Waals surface area contributed by atoms with Crippen molar-refractivity contribution in [2.24, 2.45) is 0 Å². The van der Waals surface area contributed by atoms with E-state index in [2.05, 4.69) is 9.55 Å². The molecule has 4 heteroatoms. The Kier molecular flexibility index (Phi) is 3.49. The summed E-state index contributed by atoms with van der Waals surface area (Å²) in [4.78, 5) is 3.00. The second-order valence-corrected chi connectivity index (χ2v) is 3.12. The molecule has 1 rings (SSSR count). The summed E-state index contributed by atoms with van der Waals surface area (Å²) in [6.45, 7) is 3.76. The van der Waals surface area contributed by atoms with E-state index < -0.39 is 0 Å². The largest absolute Gasteiger partial charge is 0.385 e. The summed E-state index contributed by atoms with van der Waals surface area (Å²) >= 11 is 5.09. The Labute approximate surface area is 77.4 Å². The number of aryl methyl sites for hydroxylation is 1. The molecule has 0 amide bonds. The predicted octanol–water partition coefficient (Wildman–Crippen LogP) is 1.89. The molecule has 3 nitrogen and oxygen atoms in total. The van der Waals surface area contributed by atoms with Crippen LogP contribution in [-0.2, 0) is 11.3 Å². The van der Waals surface area contributed by atoms with E-state index in [1.807, 2.05) is 13.1 Å². The first-order valence-electron chi connectivity index (χ1n) is 3.99. The molecule has 1 heterocycles. The highest BCUT2D eigenvalue weighted by Crippen LogP contribution is 2.00. The fourth-order valence-electron chi connectivity index (χ4n) is 1.13. The van der Waals surface area contributed by atoms with Gasteiger partial charge >= 0.3 is 0 Å². The zero-order valence-corrected chi connectivity index (χ0v) is 8.28. The Morgan fingerprint density at radius 1 is 1.67 bits per heavy atom. The van der Waals surface area contributed by atoms with E-state index in [4.69, 9.17) is 17.0 Å². The smallest absolute Gasteiger partial charge is 0.177 e. The summed E-state index contributed by atoms with van der Waals surface area (Å²) in [5, 5.41) is 0. The van der Waals surface area contributed by atoms with Crippen molar-refractivity contribution < 1.29 is 4.74 Å². The second-order valence-electron chi connectivity index (χ2n) is 2.73. The van der Waals surface area contributed by atoms with Crippen molar-refractivity contribution in [2.75, 3.05) is 13.7 Å². The maximum absolute atomic E-state index is 5.09. The summed E-state index contributed by atoms with van der Waals surface area (Å²) in [5.41, 5.74) is 1.18. The van der Waals surface area contributed by atoms with Gasteiger partial charge in [0.2, 0.25) is 0 Å². The van der Waals surface area contributed by atoms with Crippen LogP contribution < -0.4 is 0 Å². The SMILES string of the molecule is COCCCn1c(C)c[nH]c1=S. The molecule has 0 saturated carbocycles. The van der Waals surface area contributed by atoms with Gasteiger partial charge in [0.25, 0.3) is 0 Å². The summed E-state index contributed by atoms with van der Waals surface area (Å²) in [5.74, 6) is 0. The van der Waals surface area contributed by atoms with Crippen molar-refractivity contribution in [1.29, 1.82) is 0 Å². The highest BCUT2D eigenvalue weighted by atomic mass is 32.1. The minimum absolute atomic E-state index is 0.784. The van der Waals surface area contributed by atoms with Gasteiger partial charge in [-0.2, -0.15) is 0 Å². The molecule has 0 aliphatic heterocycles. The van der Waals surface area contributed by atoms with Crippen LogP contribution in [0.4, 0.5) is 0 Å². The fraction of sp³-hybridized carbons (Fsp3) is 0.625. The first kappa shape index (κ1) is 9.48. The number of methoxy groups -OCH3 is 1. The molecule has 0 radical (unpaired) electrons. The minimum atomic E-state index is 0.784. The molecular weight excluding hydrogens is 172 g/mol. The van der Waals surface area contributed by atoms with Gasteiger partial charge in [0.1, 0.15) is 0 Å². The van der Waals surface area contributed by atoms with Crippen molar-refractivity contribution in [3.8, 4) is 0 Å². The zero-order valence-electron chi connectivity index (χ0n) is 7.46. The summed E-state index contributed by atoms with van der Waals surface area (Å²) in [6, 6.07) is 0. The number of aromatic amines is 1. The third-order valence-corrected chi connectivity index (χ3v) is 2.14. The van der Waals surface area contributed by atoms with E-state index in [0.29, 0.717) is 0 Å². The summed E-state index contributed by atoms with van der Waals surface area (Å²) < 4.78 is 7.84. The molecular formula is C8H14N2OS. The second kappa shape index (κ2) is 4.42. The van der Waals surface area contributed by atoms with E-state index >= 15 is 0 Å². The molecule has 0 aliphatic rings. The van der Waals surface area contributed by atoms with E-state index in [-0.39, 0.29) is 0 Å². The average molecular weight is 186 g/mol. The Morgan fingerprint density at radius 2 is 2.42 bits per heavy atom. The van der Waals surface area contributed by atoms with Crippen LogP contribution in [-0.4, -0.2) is 23.3 Å². The van der Waals surface area contributed by atoms with E-state index in [1.54, 1.807) is 7.11 Å². The van der Waals surface area contributed by atoms with Gasteiger partial charge in [-0.05, 0) is 25.6 Å². The third kappa shape index (κ3) is 2.19. The molecule has 0 atom stereocenters. The maximum atomic E-state index is 5.09. The van der Waals surface area contributed by atoms with Crippen molar-refractivity contribution in [3.05, 3.63) is 16.7 Å². The van der Waals surface area contributed by atoms with Crippen molar-refractivity contribution in [1.82, 2.24) is 9.55 Å².